The molecule has 0 radical (unpaired) electrons. The first-order chi connectivity index (χ1) is 15.0. The third-order valence-corrected chi connectivity index (χ3v) is 6.34. The number of hydrogen-bond acceptors (Lipinski definition) is 0. The molecule has 3 aromatic carbocycles. The predicted octanol–water partition coefficient (Wildman–Crippen LogP) is 8.65. The van der Waals surface area contributed by atoms with Gasteiger partial charge in [0.15, 0.2) is 0 Å². The van der Waals surface area contributed by atoms with Gasteiger partial charge in [0.05, 0.1) is 5.56 Å². The number of alkyl halides is 3. The first-order valence-electron chi connectivity index (χ1n) is 11.4. The Labute approximate surface area is 183 Å². The minimum absolute atomic E-state index is 0.607. The second-order valence-corrected chi connectivity index (χ2v) is 8.60. The third-order valence-electron chi connectivity index (χ3n) is 6.34. The molecule has 0 unspecified atom stereocenters. The second kappa shape index (κ2) is 9.30. The summed E-state index contributed by atoms with van der Waals surface area (Å²) in [6.45, 7) is 2.24. The summed E-state index contributed by atoms with van der Waals surface area (Å²) >= 11 is 0. The van der Waals surface area contributed by atoms with E-state index in [4.69, 9.17) is 0 Å². The Bertz CT molecular complexity index is 1030. The van der Waals surface area contributed by atoms with E-state index in [0.29, 0.717) is 0 Å². The maximum absolute atomic E-state index is 12.8. The van der Waals surface area contributed by atoms with Gasteiger partial charge in [0.1, 0.15) is 0 Å². The van der Waals surface area contributed by atoms with Crippen molar-refractivity contribution >= 4 is 0 Å². The molecule has 0 aliphatic heterocycles. The molecule has 0 saturated heterocycles. The normalized spacial score (nSPS) is 13.0. The van der Waals surface area contributed by atoms with E-state index in [0.717, 1.165) is 42.5 Å². The van der Waals surface area contributed by atoms with Crippen molar-refractivity contribution in [1.82, 2.24) is 0 Å². The highest BCUT2D eigenvalue weighted by Crippen LogP contribution is 2.37. The van der Waals surface area contributed by atoms with Crippen LogP contribution in [-0.4, -0.2) is 0 Å². The Hall–Kier alpha value is -2.55. The molecular formula is C28H29F3. The molecule has 1 aliphatic rings. The molecule has 0 spiro atoms. The highest BCUT2D eigenvalue weighted by atomic mass is 19.4. The molecule has 4 rings (SSSR count). The molecule has 0 aromatic heterocycles. The number of fused-ring (bicyclic) bond motifs is 3. The van der Waals surface area contributed by atoms with Crippen LogP contribution in [-0.2, 0) is 25.4 Å². The zero-order valence-electron chi connectivity index (χ0n) is 18.1. The van der Waals surface area contributed by atoms with Gasteiger partial charge in [-0.25, -0.2) is 0 Å². The number of unbranched alkanes of at least 4 members (excludes halogenated alkanes) is 4. The summed E-state index contributed by atoms with van der Waals surface area (Å²) in [4.78, 5) is 0. The maximum Gasteiger partial charge on any atom is 0.416 e. The Balaban J connectivity index is 1.51. The Morgan fingerprint density at radius 1 is 0.677 bits per heavy atom. The third kappa shape index (κ3) is 5.03. The lowest BCUT2D eigenvalue weighted by Crippen LogP contribution is -2.05. The number of benzene rings is 3. The summed E-state index contributed by atoms with van der Waals surface area (Å²) in [5, 5.41) is 0. The molecule has 3 aromatic rings. The van der Waals surface area contributed by atoms with Gasteiger partial charge in [-0.05, 0) is 76.8 Å². The van der Waals surface area contributed by atoms with Crippen LogP contribution in [0.1, 0.15) is 61.3 Å². The largest absolute Gasteiger partial charge is 0.416 e. The van der Waals surface area contributed by atoms with Gasteiger partial charge >= 0.3 is 6.18 Å². The fourth-order valence-electron chi connectivity index (χ4n) is 4.57. The first kappa shape index (κ1) is 21.7. The summed E-state index contributed by atoms with van der Waals surface area (Å²) in [7, 11) is 0. The zero-order valence-corrected chi connectivity index (χ0v) is 18.1. The monoisotopic (exact) mass is 422 g/mol. The Morgan fingerprint density at radius 3 is 1.97 bits per heavy atom. The quantitative estimate of drug-likeness (QED) is 0.334. The van der Waals surface area contributed by atoms with Crippen LogP contribution in [0.2, 0.25) is 0 Å². The lowest BCUT2D eigenvalue weighted by Gasteiger charge is -2.22. The highest BCUT2D eigenvalue weighted by Gasteiger charge is 2.30. The molecule has 0 heterocycles. The minimum Gasteiger partial charge on any atom is -0.166 e. The Morgan fingerprint density at radius 2 is 1.29 bits per heavy atom. The summed E-state index contributed by atoms with van der Waals surface area (Å²) in [5.74, 6) is 0. The molecule has 31 heavy (non-hydrogen) atoms. The number of hydrogen-bond donors (Lipinski definition) is 0. The molecule has 0 fully saturated rings. The van der Waals surface area contributed by atoms with Crippen LogP contribution >= 0.6 is 0 Å². The van der Waals surface area contributed by atoms with Gasteiger partial charge in [-0.3, -0.25) is 0 Å². The standard InChI is InChI=1S/C28H29F3/c1-2-3-4-5-6-7-20-8-16-26-23(18-20)9-10-24-19-22(13-17-27(24)26)21-11-14-25(15-12-21)28(29,30)31/h8,11-19H,2-7,9-10H2,1H3. The topological polar surface area (TPSA) is 0 Å². The van der Waals surface area contributed by atoms with Crippen LogP contribution in [0, 0.1) is 0 Å². The fraction of sp³-hybridized carbons (Fsp3) is 0.357. The average molecular weight is 423 g/mol. The van der Waals surface area contributed by atoms with E-state index in [1.54, 1.807) is 12.1 Å². The van der Waals surface area contributed by atoms with E-state index in [9.17, 15) is 13.2 Å². The van der Waals surface area contributed by atoms with Crippen LogP contribution in [0.25, 0.3) is 22.3 Å². The average Bonchev–Trinajstić information content (AvgIpc) is 2.78. The van der Waals surface area contributed by atoms with E-state index in [1.165, 1.54) is 59.9 Å². The maximum atomic E-state index is 12.8. The van der Waals surface area contributed by atoms with E-state index in [1.807, 2.05) is 6.07 Å². The molecule has 0 bridgehead atoms. The van der Waals surface area contributed by atoms with Gasteiger partial charge in [-0.2, -0.15) is 13.2 Å². The van der Waals surface area contributed by atoms with Crippen LogP contribution in [0.5, 0.6) is 0 Å². The SMILES string of the molecule is CCCCCCCc1ccc2c(c1)CCc1cc(-c3ccc(C(F)(F)F)cc3)ccc1-2. The molecule has 0 nitrogen and oxygen atoms in total. The fourth-order valence-corrected chi connectivity index (χ4v) is 4.57. The summed E-state index contributed by atoms with van der Waals surface area (Å²) in [6, 6.07) is 18.6. The molecule has 0 amide bonds. The molecular weight excluding hydrogens is 393 g/mol. The molecule has 3 heteroatoms. The Kier molecular flexibility index (Phi) is 6.50. The van der Waals surface area contributed by atoms with Crippen molar-refractivity contribution in [3.63, 3.8) is 0 Å². The van der Waals surface area contributed by atoms with Crippen molar-refractivity contribution in [3.8, 4) is 22.3 Å². The van der Waals surface area contributed by atoms with Crippen molar-refractivity contribution in [1.29, 1.82) is 0 Å². The molecule has 0 saturated carbocycles. The summed E-state index contributed by atoms with van der Waals surface area (Å²) in [5.41, 5.74) is 7.86. The van der Waals surface area contributed by atoms with Crippen LogP contribution in [0.4, 0.5) is 13.2 Å². The van der Waals surface area contributed by atoms with Gasteiger partial charge < -0.3 is 0 Å². The van der Waals surface area contributed by atoms with E-state index < -0.39 is 11.7 Å². The molecule has 162 valence electrons. The van der Waals surface area contributed by atoms with Gasteiger partial charge in [-0.1, -0.05) is 81.1 Å². The number of aryl methyl sites for hydroxylation is 3. The molecule has 0 atom stereocenters. The molecule has 0 N–H and O–H groups in total. The van der Waals surface area contributed by atoms with E-state index in [-0.39, 0.29) is 0 Å². The smallest absolute Gasteiger partial charge is 0.166 e. The first-order valence-corrected chi connectivity index (χ1v) is 11.4. The van der Waals surface area contributed by atoms with Crippen LogP contribution < -0.4 is 0 Å². The van der Waals surface area contributed by atoms with Gasteiger partial charge in [0, 0.05) is 0 Å². The lowest BCUT2D eigenvalue weighted by atomic mass is 9.83. The number of halogens is 3. The zero-order chi connectivity index (χ0) is 21.8. The van der Waals surface area contributed by atoms with Gasteiger partial charge in [-0.15, -0.1) is 0 Å². The highest BCUT2D eigenvalue weighted by molar-refractivity contribution is 5.77. The van der Waals surface area contributed by atoms with Crippen LogP contribution in [0.3, 0.4) is 0 Å². The van der Waals surface area contributed by atoms with Gasteiger partial charge in [0.2, 0.25) is 0 Å². The predicted molar refractivity (Wildman–Crippen MR) is 122 cm³/mol. The van der Waals surface area contributed by atoms with E-state index >= 15 is 0 Å². The summed E-state index contributed by atoms with van der Waals surface area (Å²) < 4.78 is 38.5. The van der Waals surface area contributed by atoms with Crippen molar-refractivity contribution < 1.29 is 13.2 Å². The minimum atomic E-state index is -4.30. The van der Waals surface area contributed by atoms with E-state index in [2.05, 4.69) is 37.3 Å². The number of rotatable bonds is 7. The van der Waals surface area contributed by atoms with Crippen molar-refractivity contribution in [2.75, 3.05) is 0 Å². The van der Waals surface area contributed by atoms with Crippen molar-refractivity contribution in [3.05, 3.63) is 82.9 Å². The second-order valence-electron chi connectivity index (χ2n) is 8.60. The van der Waals surface area contributed by atoms with Crippen molar-refractivity contribution in [2.24, 2.45) is 0 Å². The van der Waals surface area contributed by atoms with Crippen LogP contribution in [0.15, 0.2) is 60.7 Å². The molecule has 1 aliphatic carbocycles. The summed E-state index contributed by atoms with van der Waals surface area (Å²) in [6.07, 6.45) is 5.33. The van der Waals surface area contributed by atoms with Gasteiger partial charge in [0.25, 0.3) is 0 Å². The lowest BCUT2D eigenvalue weighted by molar-refractivity contribution is -0.137. The van der Waals surface area contributed by atoms with Crippen molar-refractivity contribution in [2.45, 2.75) is 64.5 Å².